The molecule has 0 fully saturated rings. The van der Waals surface area contributed by atoms with Crippen LogP contribution in [0.4, 0.5) is 0 Å². The summed E-state index contributed by atoms with van der Waals surface area (Å²) >= 11 is 6.42. The Labute approximate surface area is 162 Å². The molecule has 6 nitrogen and oxygen atoms in total. The van der Waals surface area contributed by atoms with Gasteiger partial charge in [0.05, 0.1) is 12.6 Å². The summed E-state index contributed by atoms with van der Waals surface area (Å²) in [4.78, 5) is 18.3. The first-order chi connectivity index (χ1) is 12.6. The molecule has 26 heavy (non-hydrogen) atoms. The van der Waals surface area contributed by atoms with Crippen LogP contribution in [0.5, 0.6) is 0 Å². The third kappa shape index (κ3) is 7.22. The first kappa shape index (κ1) is 22.3. The maximum absolute atomic E-state index is 11.7. The summed E-state index contributed by atoms with van der Waals surface area (Å²) in [6.45, 7) is 9.65. The molecule has 0 radical (unpaired) electrons. The van der Waals surface area contributed by atoms with E-state index in [2.05, 4.69) is 45.8 Å². The highest BCUT2D eigenvalue weighted by molar-refractivity contribution is 6.31. The van der Waals surface area contributed by atoms with Gasteiger partial charge >= 0.3 is 0 Å². The van der Waals surface area contributed by atoms with E-state index >= 15 is 0 Å². The van der Waals surface area contributed by atoms with Gasteiger partial charge in [-0.15, -0.1) is 0 Å². The molecule has 0 aromatic heterocycles. The largest absolute Gasteiger partial charge is 0.355 e. The zero-order valence-corrected chi connectivity index (χ0v) is 17.1. The Balaban J connectivity index is 2.72. The van der Waals surface area contributed by atoms with Crippen LogP contribution in [0.1, 0.15) is 38.8 Å². The van der Waals surface area contributed by atoms with E-state index in [1.807, 2.05) is 25.1 Å². The van der Waals surface area contributed by atoms with Crippen molar-refractivity contribution < 1.29 is 4.79 Å². The van der Waals surface area contributed by atoms with Crippen molar-refractivity contribution in [3.05, 3.63) is 34.9 Å². The van der Waals surface area contributed by atoms with Gasteiger partial charge in [-0.2, -0.15) is 0 Å². The molecule has 1 amide bonds. The standard InChI is InChI=1S/C19H32ClN5O/c1-5-12-22-18(26)14-24-19(21-4)23-13-17(25(6-2)7-3)15-10-8-9-11-16(15)20/h8-11,17H,5-7,12-14H2,1-4H3,(H,22,26)(H2,21,23,24). The van der Waals surface area contributed by atoms with Crippen molar-refractivity contribution in [3.8, 4) is 0 Å². The van der Waals surface area contributed by atoms with Crippen LogP contribution in [-0.2, 0) is 4.79 Å². The quantitative estimate of drug-likeness (QED) is 0.430. The topological polar surface area (TPSA) is 68.8 Å². The summed E-state index contributed by atoms with van der Waals surface area (Å²) in [6, 6.07) is 8.03. The number of hydrogen-bond donors (Lipinski definition) is 3. The highest BCUT2D eigenvalue weighted by atomic mass is 35.5. The van der Waals surface area contributed by atoms with Crippen molar-refractivity contribution in [1.29, 1.82) is 0 Å². The number of likely N-dealkylation sites (N-methyl/N-ethyl adjacent to an activating group) is 1. The summed E-state index contributed by atoms with van der Waals surface area (Å²) in [5.41, 5.74) is 1.08. The van der Waals surface area contributed by atoms with Crippen molar-refractivity contribution in [2.75, 3.05) is 39.8 Å². The van der Waals surface area contributed by atoms with Crippen LogP contribution < -0.4 is 16.0 Å². The number of aliphatic imine (C=N–C) groups is 1. The SMILES string of the molecule is CCCNC(=O)CNC(=NC)NCC(c1ccccc1Cl)N(CC)CC. The van der Waals surface area contributed by atoms with Crippen molar-refractivity contribution >= 4 is 23.5 Å². The van der Waals surface area contributed by atoms with Crippen LogP contribution in [0.25, 0.3) is 0 Å². The second kappa shape index (κ2) is 12.5. The fourth-order valence-corrected chi connectivity index (χ4v) is 3.01. The van der Waals surface area contributed by atoms with E-state index in [0.717, 1.165) is 30.1 Å². The summed E-state index contributed by atoms with van der Waals surface area (Å²) in [5.74, 6) is 0.557. The lowest BCUT2D eigenvalue weighted by molar-refractivity contribution is -0.120. The lowest BCUT2D eigenvalue weighted by Crippen LogP contribution is -2.46. The molecule has 0 saturated heterocycles. The molecule has 146 valence electrons. The van der Waals surface area contributed by atoms with Gasteiger partial charge in [0.2, 0.25) is 5.91 Å². The number of carbonyl (C=O) groups is 1. The Morgan fingerprint density at radius 1 is 1.15 bits per heavy atom. The molecule has 0 aliphatic rings. The molecule has 3 N–H and O–H groups in total. The molecule has 1 atom stereocenters. The summed E-state index contributed by atoms with van der Waals surface area (Å²) in [5, 5.41) is 9.96. The highest BCUT2D eigenvalue weighted by Crippen LogP contribution is 2.26. The lowest BCUT2D eigenvalue weighted by Gasteiger charge is -2.31. The number of nitrogens with one attached hydrogen (secondary N) is 3. The van der Waals surface area contributed by atoms with Gasteiger partial charge in [0.25, 0.3) is 0 Å². The van der Waals surface area contributed by atoms with E-state index < -0.39 is 0 Å². The minimum atomic E-state index is -0.0406. The lowest BCUT2D eigenvalue weighted by atomic mass is 10.0. The average Bonchev–Trinajstić information content (AvgIpc) is 2.66. The number of nitrogens with zero attached hydrogens (tertiary/aromatic N) is 2. The zero-order chi connectivity index (χ0) is 19.4. The molecule has 0 aliphatic carbocycles. The normalized spacial score (nSPS) is 12.8. The number of guanidine groups is 1. The number of benzene rings is 1. The smallest absolute Gasteiger partial charge is 0.239 e. The minimum Gasteiger partial charge on any atom is -0.355 e. The van der Waals surface area contributed by atoms with Crippen LogP contribution in [0, 0.1) is 0 Å². The van der Waals surface area contributed by atoms with Gasteiger partial charge in [-0.25, -0.2) is 0 Å². The van der Waals surface area contributed by atoms with Gasteiger partial charge in [0.1, 0.15) is 0 Å². The Morgan fingerprint density at radius 3 is 2.42 bits per heavy atom. The Morgan fingerprint density at radius 2 is 1.85 bits per heavy atom. The summed E-state index contributed by atoms with van der Waals surface area (Å²) in [6.07, 6.45) is 0.919. The molecule has 7 heteroatoms. The van der Waals surface area contributed by atoms with E-state index in [1.165, 1.54) is 0 Å². The molecule has 1 unspecified atom stereocenters. The maximum atomic E-state index is 11.7. The maximum Gasteiger partial charge on any atom is 0.239 e. The number of amides is 1. The van der Waals surface area contributed by atoms with Gasteiger partial charge in [-0.05, 0) is 31.1 Å². The second-order valence-electron chi connectivity index (χ2n) is 5.92. The van der Waals surface area contributed by atoms with Crippen molar-refractivity contribution in [2.45, 2.75) is 33.2 Å². The molecular weight excluding hydrogens is 350 g/mol. The van der Waals surface area contributed by atoms with Gasteiger partial charge in [-0.1, -0.05) is 50.6 Å². The molecule has 1 aromatic rings. The zero-order valence-electron chi connectivity index (χ0n) is 16.3. The van der Waals surface area contributed by atoms with Crippen molar-refractivity contribution in [1.82, 2.24) is 20.9 Å². The number of halogens is 1. The van der Waals surface area contributed by atoms with Crippen LogP contribution in [0.3, 0.4) is 0 Å². The Hall–Kier alpha value is -1.79. The third-order valence-electron chi connectivity index (χ3n) is 4.19. The van der Waals surface area contributed by atoms with E-state index in [-0.39, 0.29) is 18.5 Å². The first-order valence-corrected chi connectivity index (χ1v) is 9.64. The Kier molecular flexibility index (Phi) is 10.7. The number of hydrogen-bond acceptors (Lipinski definition) is 3. The van der Waals surface area contributed by atoms with Gasteiger partial charge in [0, 0.05) is 25.2 Å². The monoisotopic (exact) mass is 381 g/mol. The molecule has 1 rings (SSSR count). The molecular formula is C19H32ClN5O. The molecule has 0 saturated carbocycles. The van der Waals surface area contributed by atoms with E-state index in [1.54, 1.807) is 7.05 Å². The molecule has 0 bridgehead atoms. The van der Waals surface area contributed by atoms with Crippen LogP contribution in [0.15, 0.2) is 29.3 Å². The molecule has 0 heterocycles. The van der Waals surface area contributed by atoms with E-state index in [4.69, 9.17) is 11.6 Å². The molecule has 0 aliphatic heterocycles. The van der Waals surface area contributed by atoms with E-state index in [9.17, 15) is 4.79 Å². The first-order valence-electron chi connectivity index (χ1n) is 9.26. The number of rotatable bonds is 10. The molecule has 0 spiro atoms. The third-order valence-corrected chi connectivity index (χ3v) is 4.54. The average molecular weight is 382 g/mol. The summed E-state index contributed by atoms with van der Waals surface area (Å²) in [7, 11) is 1.70. The van der Waals surface area contributed by atoms with Crippen LogP contribution in [0.2, 0.25) is 5.02 Å². The Bertz CT molecular complexity index is 575. The predicted molar refractivity (Wildman–Crippen MR) is 110 cm³/mol. The second-order valence-corrected chi connectivity index (χ2v) is 6.32. The van der Waals surface area contributed by atoms with Crippen molar-refractivity contribution in [3.63, 3.8) is 0 Å². The van der Waals surface area contributed by atoms with Gasteiger partial charge in [-0.3, -0.25) is 14.7 Å². The number of carbonyl (C=O) groups excluding carboxylic acids is 1. The van der Waals surface area contributed by atoms with Crippen LogP contribution >= 0.6 is 11.6 Å². The van der Waals surface area contributed by atoms with Crippen LogP contribution in [-0.4, -0.2) is 56.5 Å². The van der Waals surface area contributed by atoms with Crippen molar-refractivity contribution in [2.24, 2.45) is 4.99 Å². The fourth-order valence-electron chi connectivity index (χ4n) is 2.75. The highest BCUT2D eigenvalue weighted by Gasteiger charge is 2.20. The van der Waals surface area contributed by atoms with Gasteiger partial charge in [0.15, 0.2) is 5.96 Å². The van der Waals surface area contributed by atoms with Gasteiger partial charge < -0.3 is 16.0 Å². The summed E-state index contributed by atoms with van der Waals surface area (Å²) < 4.78 is 0. The minimum absolute atomic E-state index is 0.0406. The van der Waals surface area contributed by atoms with E-state index in [0.29, 0.717) is 19.0 Å². The fraction of sp³-hybridized carbons (Fsp3) is 0.579. The molecule has 1 aromatic carbocycles. The predicted octanol–water partition coefficient (Wildman–Crippen LogP) is 2.41.